The zero-order valence-electron chi connectivity index (χ0n) is 18.3. The van der Waals surface area contributed by atoms with Gasteiger partial charge < -0.3 is 0 Å². The average Bonchev–Trinajstić information content (AvgIpc) is 3.13. The summed E-state index contributed by atoms with van der Waals surface area (Å²) in [7, 11) is 3.05. The second kappa shape index (κ2) is 8.47. The lowest BCUT2D eigenvalue weighted by Crippen LogP contribution is -2.37. The third kappa shape index (κ3) is 3.85. The van der Waals surface area contributed by atoms with Gasteiger partial charge in [-0.3, -0.25) is 18.5 Å². The molecule has 0 aliphatic heterocycles. The molecule has 0 saturated heterocycles. The largest absolute Gasteiger partial charge is 0.332 e. The van der Waals surface area contributed by atoms with Gasteiger partial charge in [-0.2, -0.15) is 10.1 Å². The fourth-order valence-electron chi connectivity index (χ4n) is 3.57. The molecule has 0 atom stereocenters. The monoisotopic (exact) mass is 450 g/mol. The van der Waals surface area contributed by atoms with Crippen LogP contribution in [0.1, 0.15) is 22.3 Å². The summed E-state index contributed by atoms with van der Waals surface area (Å²) < 4.78 is 4.20. The number of hydrogen-bond donors (Lipinski definition) is 1. The molecule has 0 aliphatic rings. The number of imidazole rings is 1. The molecule has 0 radical (unpaired) electrons. The highest BCUT2D eigenvalue weighted by atomic mass is 35.5. The van der Waals surface area contributed by atoms with Crippen molar-refractivity contribution in [2.75, 3.05) is 5.43 Å². The van der Waals surface area contributed by atoms with Crippen molar-refractivity contribution in [1.82, 2.24) is 18.7 Å². The van der Waals surface area contributed by atoms with Gasteiger partial charge in [0.15, 0.2) is 11.2 Å². The molecule has 2 aromatic heterocycles. The van der Waals surface area contributed by atoms with Crippen LogP contribution in [0.15, 0.2) is 57.2 Å². The van der Waals surface area contributed by atoms with Gasteiger partial charge in [-0.25, -0.2) is 10.2 Å². The van der Waals surface area contributed by atoms with Gasteiger partial charge in [0.1, 0.15) is 0 Å². The Morgan fingerprint density at radius 1 is 1.09 bits per heavy atom. The lowest BCUT2D eigenvalue weighted by molar-refractivity contribution is 0.702. The minimum absolute atomic E-state index is 0.291. The van der Waals surface area contributed by atoms with Crippen LogP contribution in [-0.2, 0) is 20.6 Å². The van der Waals surface area contributed by atoms with Crippen LogP contribution in [0.2, 0.25) is 5.02 Å². The Kier molecular flexibility index (Phi) is 5.71. The number of nitrogens with one attached hydrogen (secondary N) is 1. The lowest BCUT2D eigenvalue weighted by Gasteiger charge is -2.12. The number of anilines is 1. The quantitative estimate of drug-likeness (QED) is 0.373. The molecule has 0 amide bonds. The summed E-state index contributed by atoms with van der Waals surface area (Å²) in [5.74, 6) is 0.350. The molecule has 32 heavy (non-hydrogen) atoms. The second-order valence-corrected chi connectivity index (χ2v) is 8.13. The van der Waals surface area contributed by atoms with Gasteiger partial charge >= 0.3 is 5.69 Å². The molecule has 0 unspecified atom stereocenters. The molecule has 9 heteroatoms. The van der Waals surface area contributed by atoms with E-state index in [9.17, 15) is 9.59 Å². The van der Waals surface area contributed by atoms with Crippen molar-refractivity contribution in [2.24, 2.45) is 19.2 Å². The molecule has 0 aliphatic carbocycles. The standard InChI is InChI=1S/C23H23ClN6O2/c1-14-9-10-15(2)17(11-14)13-30-19-20(28(3)23(32)29(4)21(19)31)26-22(30)27-25-12-16-7-5-6-8-18(16)24/h5-12H,13H2,1-4H3,(H,26,27)/b25-12-. The number of hydrazone groups is 1. The number of rotatable bonds is 5. The smallest absolute Gasteiger partial charge is 0.298 e. The number of aryl methyl sites for hydroxylation is 3. The molecule has 4 aromatic rings. The van der Waals surface area contributed by atoms with E-state index in [0.29, 0.717) is 28.7 Å². The number of benzene rings is 2. The summed E-state index contributed by atoms with van der Waals surface area (Å²) in [4.78, 5) is 30.0. The van der Waals surface area contributed by atoms with Crippen molar-refractivity contribution in [3.8, 4) is 0 Å². The predicted molar refractivity (Wildman–Crippen MR) is 128 cm³/mol. The first-order valence-corrected chi connectivity index (χ1v) is 10.4. The highest BCUT2D eigenvalue weighted by molar-refractivity contribution is 6.33. The molecule has 0 saturated carbocycles. The summed E-state index contributed by atoms with van der Waals surface area (Å²) in [6, 6.07) is 13.5. The normalized spacial score (nSPS) is 11.5. The van der Waals surface area contributed by atoms with Crippen LogP contribution in [-0.4, -0.2) is 24.9 Å². The van der Waals surface area contributed by atoms with Gasteiger partial charge in [-0.1, -0.05) is 53.6 Å². The lowest BCUT2D eigenvalue weighted by atomic mass is 10.1. The summed E-state index contributed by atoms with van der Waals surface area (Å²) in [5, 5.41) is 4.84. The molecule has 0 spiro atoms. The summed E-state index contributed by atoms with van der Waals surface area (Å²) in [6.07, 6.45) is 1.58. The van der Waals surface area contributed by atoms with Gasteiger partial charge in [-0.05, 0) is 31.0 Å². The third-order valence-corrected chi connectivity index (χ3v) is 5.80. The molecule has 4 rings (SSSR count). The van der Waals surface area contributed by atoms with Crippen molar-refractivity contribution in [3.63, 3.8) is 0 Å². The minimum Gasteiger partial charge on any atom is -0.298 e. The summed E-state index contributed by atoms with van der Waals surface area (Å²) in [6.45, 7) is 4.43. The van der Waals surface area contributed by atoms with Crippen LogP contribution >= 0.6 is 11.6 Å². The number of hydrogen-bond acceptors (Lipinski definition) is 5. The predicted octanol–water partition coefficient (Wildman–Crippen LogP) is 3.20. The van der Waals surface area contributed by atoms with Crippen LogP contribution in [0, 0.1) is 13.8 Å². The van der Waals surface area contributed by atoms with Crippen LogP contribution < -0.4 is 16.7 Å². The van der Waals surface area contributed by atoms with Crippen molar-refractivity contribution in [2.45, 2.75) is 20.4 Å². The maximum atomic E-state index is 13.0. The Labute approximate surface area is 189 Å². The Morgan fingerprint density at radius 2 is 1.84 bits per heavy atom. The van der Waals surface area contributed by atoms with Gasteiger partial charge in [0.25, 0.3) is 5.56 Å². The van der Waals surface area contributed by atoms with Crippen molar-refractivity contribution in [3.05, 3.63) is 90.6 Å². The van der Waals surface area contributed by atoms with Crippen molar-refractivity contribution < 1.29 is 0 Å². The SMILES string of the molecule is Cc1ccc(C)c(Cn2c(N/N=C\c3ccccc3Cl)nc3c2c(=O)n(C)c(=O)n3C)c1. The van der Waals surface area contributed by atoms with Crippen LogP contribution in [0.5, 0.6) is 0 Å². The van der Waals surface area contributed by atoms with Crippen LogP contribution in [0.3, 0.4) is 0 Å². The minimum atomic E-state index is -0.440. The topological polar surface area (TPSA) is 86.2 Å². The van der Waals surface area contributed by atoms with Gasteiger partial charge in [0, 0.05) is 24.7 Å². The molecule has 0 bridgehead atoms. The first-order chi connectivity index (χ1) is 15.3. The van der Waals surface area contributed by atoms with E-state index in [2.05, 4.69) is 21.6 Å². The van der Waals surface area contributed by atoms with Gasteiger partial charge in [-0.15, -0.1) is 0 Å². The zero-order valence-corrected chi connectivity index (χ0v) is 19.0. The first-order valence-electron chi connectivity index (χ1n) is 10.0. The maximum absolute atomic E-state index is 13.0. The Balaban J connectivity index is 1.87. The number of fused-ring (bicyclic) bond motifs is 1. The summed E-state index contributed by atoms with van der Waals surface area (Å²) in [5.41, 5.74) is 6.67. The van der Waals surface area contributed by atoms with E-state index in [0.717, 1.165) is 26.8 Å². The number of aromatic nitrogens is 4. The fraction of sp³-hybridized carbons (Fsp3) is 0.217. The van der Waals surface area contributed by atoms with Crippen molar-refractivity contribution in [1.29, 1.82) is 0 Å². The number of halogens is 1. The van der Waals surface area contributed by atoms with E-state index in [1.54, 1.807) is 23.9 Å². The molecule has 8 nitrogen and oxygen atoms in total. The van der Waals surface area contributed by atoms with Crippen molar-refractivity contribution >= 4 is 34.9 Å². The van der Waals surface area contributed by atoms with E-state index >= 15 is 0 Å². The molecule has 0 fully saturated rings. The average molecular weight is 451 g/mol. The highest BCUT2D eigenvalue weighted by Crippen LogP contribution is 2.20. The highest BCUT2D eigenvalue weighted by Gasteiger charge is 2.19. The van der Waals surface area contributed by atoms with E-state index in [-0.39, 0.29) is 0 Å². The van der Waals surface area contributed by atoms with E-state index < -0.39 is 11.2 Å². The van der Waals surface area contributed by atoms with Gasteiger partial charge in [0.2, 0.25) is 5.95 Å². The van der Waals surface area contributed by atoms with Gasteiger partial charge in [0.05, 0.1) is 12.8 Å². The third-order valence-electron chi connectivity index (χ3n) is 5.45. The van der Waals surface area contributed by atoms with Crippen LogP contribution in [0.4, 0.5) is 5.95 Å². The molecular formula is C23H23ClN6O2. The van der Waals surface area contributed by atoms with E-state index in [1.165, 1.54) is 11.6 Å². The first kappa shape index (κ1) is 21.6. The van der Waals surface area contributed by atoms with E-state index in [1.807, 2.05) is 44.2 Å². The molecular weight excluding hydrogens is 428 g/mol. The van der Waals surface area contributed by atoms with Crippen LogP contribution in [0.25, 0.3) is 11.2 Å². The molecule has 1 N–H and O–H groups in total. The molecule has 2 heterocycles. The summed E-state index contributed by atoms with van der Waals surface area (Å²) >= 11 is 6.20. The Bertz CT molecular complexity index is 1480. The Hall–Kier alpha value is -3.65. The zero-order chi connectivity index (χ0) is 23.0. The Morgan fingerprint density at radius 3 is 2.59 bits per heavy atom. The van der Waals surface area contributed by atoms with E-state index in [4.69, 9.17) is 11.6 Å². The second-order valence-electron chi connectivity index (χ2n) is 7.72. The maximum Gasteiger partial charge on any atom is 0.332 e. The molecule has 2 aromatic carbocycles. The number of nitrogens with zero attached hydrogens (tertiary/aromatic N) is 5. The fourth-order valence-corrected chi connectivity index (χ4v) is 3.75. The molecule has 164 valence electrons.